The van der Waals surface area contributed by atoms with E-state index < -0.39 is 11.9 Å². The van der Waals surface area contributed by atoms with Crippen LogP contribution in [0.25, 0.3) is 0 Å². The molecule has 0 unspecified atom stereocenters. The van der Waals surface area contributed by atoms with E-state index in [9.17, 15) is 9.59 Å². The van der Waals surface area contributed by atoms with Gasteiger partial charge in [-0.2, -0.15) is 0 Å². The molecule has 0 fully saturated rings. The average Bonchev–Trinajstić information content (AvgIpc) is 2.58. The van der Waals surface area contributed by atoms with Gasteiger partial charge < -0.3 is 19.3 Å². The minimum atomic E-state index is -0.442. The normalized spacial score (nSPS) is 10.3. The summed E-state index contributed by atoms with van der Waals surface area (Å²) in [5.41, 5.74) is 0.777. The SMILES string of the molecule is COCCCCOC(=O)c1ccc(C(=O)OCCCCO)cc1. The maximum Gasteiger partial charge on any atom is 0.338 e. The Morgan fingerprint density at radius 2 is 1.26 bits per heavy atom. The van der Waals surface area contributed by atoms with Crippen molar-refractivity contribution < 1.29 is 28.9 Å². The van der Waals surface area contributed by atoms with Crippen LogP contribution >= 0.6 is 0 Å². The highest BCUT2D eigenvalue weighted by molar-refractivity contribution is 5.93. The van der Waals surface area contributed by atoms with Gasteiger partial charge in [-0.3, -0.25) is 0 Å². The van der Waals surface area contributed by atoms with Gasteiger partial charge in [0.1, 0.15) is 0 Å². The van der Waals surface area contributed by atoms with E-state index in [-0.39, 0.29) is 13.2 Å². The van der Waals surface area contributed by atoms with E-state index in [0.29, 0.717) is 37.2 Å². The predicted octanol–water partition coefficient (Wildman–Crippen LogP) is 2.20. The summed E-state index contributed by atoms with van der Waals surface area (Å²) < 4.78 is 15.1. The molecular formula is C17H24O6. The first kappa shape index (κ1) is 19.1. The van der Waals surface area contributed by atoms with E-state index in [1.165, 1.54) is 12.1 Å². The van der Waals surface area contributed by atoms with Gasteiger partial charge in [-0.05, 0) is 49.9 Å². The summed E-state index contributed by atoms with van der Waals surface area (Å²) >= 11 is 0. The Labute approximate surface area is 136 Å². The summed E-state index contributed by atoms with van der Waals surface area (Å²) in [6.07, 6.45) is 2.81. The van der Waals surface area contributed by atoms with Crippen molar-refractivity contribution in [3.05, 3.63) is 35.4 Å². The molecule has 0 saturated carbocycles. The molecule has 128 valence electrons. The lowest BCUT2D eigenvalue weighted by atomic mass is 10.1. The fourth-order valence-electron chi connectivity index (χ4n) is 1.80. The van der Waals surface area contributed by atoms with Crippen molar-refractivity contribution in [2.24, 2.45) is 0 Å². The molecule has 0 aliphatic rings. The lowest BCUT2D eigenvalue weighted by Gasteiger charge is -2.06. The number of aliphatic hydroxyl groups excluding tert-OH is 1. The fraction of sp³-hybridized carbons (Fsp3) is 0.529. The van der Waals surface area contributed by atoms with Gasteiger partial charge in [0.25, 0.3) is 0 Å². The summed E-state index contributed by atoms with van der Waals surface area (Å²) in [6, 6.07) is 6.16. The molecule has 6 heteroatoms. The summed E-state index contributed by atoms with van der Waals surface area (Å²) in [7, 11) is 1.63. The number of carbonyl (C=O) groups is 2. The zero-order chi connectivity index (χ0) is 16.9. The zero-order valence-electron chi connectivity index (χ0n) is 13.5. The Balaban J connectivity index is 2.36. The largest absolute Gasteiger partial charge is 0.462 e. The highest BCUT2D eigenvalue weighted by Gasteiger charge is 2.10. The molecule has 0 saturated heterocycles. The Morgan fingerprint density at radius 3 is 1.70 bits per heavy atom. The van der Waals surface area contributed by atoms with E-state index in [0.717, 1.165) is 12.8 Å². The van der Waals surface area contributed by atoms with Crippen molar-refractivity contribution in [2.75, 3.05) is 33.5 Å². The second kappa shape index (κ2) is 11.6. The molecule has 1 aromatic carbocycles. The number of hydrogen-bond acceptors (Lipinski definition) is 6. The fourth-order valence-corrected chi connectivity index (χ4v) is 1.80. The molecule has 0 aromatic heterocycles. The summed E-state index contributed by atoms with van der Waals surface area (Å²) in [4.78, 5) is 23.6. The van der Waals surface area contributed by atoms with Gasteiger partial charge in [0.2, 0.25) is 0 Å². The highest BCUT2D eigenvalue weighted by atomic mass is 16.5. The van der Waals surface area contributed by atoms with E-state index in [1.807, 2.05) is 0 Å². The molecule has 0 aliphatic carbocycles. The number of hydrogen-bond donors (Lipinski definition) is 1. The average molecular weight is 324 g/mol. The van der Waals surface area contributed by atoms with E-state index in [4.69, 9.17) is 19.3 Å². The second-order valence-electron chi connectivity index (χ2n) is 4.98. The monoisotopic (exact) mass is 324 g/mol. The number of unbranched alkanes of at least 4 members (excludes halogenated alkanes) is 2. The van der Waals surface area contributed by atoms with Crippen molar-refractivity contribution in [3.8, 4) is 0 Å². The van der Waals surface area contributed by atoms with Crippen LogP contribution in [0.5, 0.6) is 0 Å². The molecule has 0 atom stereocenters. The molecule has 6 nitrogen and oxygen atoms in total. The Bertz CT molecular complexity index is 468. The topological polar surface area (TPSA) is 82.1 Å². The van der Waals surface area contributed by atoms with Gasteiger partial charge in [-0.1, -0.05) is 0 Å². The second-order valence-corrected chi connectivity index (χ2v) is 4.98. The number of aliphatic hydroxyl groups is 1. The molecule has 23 heavy (non-hydrogen) atoms. The zero-order valence-corrected chi connectivity index (χ0v) is 13.5. The third-order valence-corrected chi connectivity index (χ3v) is 3.12. The molecule has 1 aromatic rings. The molecule has 0 bridgehead atoms. The number of esters is 2. The van der Waals surface area contributed by atoms with Crippen molar-refractivity contribution in [1.29, 1.82) is 0 Å². The Morgan fingerprint density at radius 1 is 0.826 bits per heavy atom. The first-order valence-corrected chi connectivity index (χ1v) is 7.73. The van der Waals surface area contributed by atoms with Gasteiger partial charge in [-0.25, -0.2) is 9.59 Å². The number of rotatable bonds is 11. The lowest BCUT2D eigenvalue weighted by Crippen LogP contribution is -2.09. The molecular weight excluding hydrogens is 300 g/mol. The van der Waals surface area contributed by atoms with Crippen molar-refractivity contribution in [2.45, 2.75) is 25.7 Å². The van der Waals surface area contributed by atoms with Crippen LogP contribution in [0, 0.1) is 0 Å². The van der Waals surface area contributed by atoms with Gasteiger partial charge in [0.15, 0.2) is 0 Å². The molecule has 0 heterocycles. The molecule has 1 N–H and O–H groups in total. The highest BCUT2D eigenvalue weighted by Crippen LogP contribution is 2.08. The smallest absolute Gasteiger partial charge is 0.338 e. The number of methoxy groups -OCH3 is 1. The van der Waals surface area contributed by atoms with Crippen LogP contribution in [0.2, 0.25) is 0 Å². The standard InChI is InChI=1S/C17H24O6/c1-21-11-4-5-13-23-17(20)15-8-6-14(7-9-15)16(19)22-12-3-2-10-18/h6-9,18H,2-5,10-13H2,1H3. The predicted molar refractivity (Wildman–Crippen MR) is 84.4 cm³/mol. The first-order valence-electron chi connectivity index (χ1n) is 7.73. The maximum atomic E-state index is 11.8. The van der Waals surface area contributed by atoms with Gasteiger partial charge in [0.05, 0.1) is 24.3 Å². The van der Waals surface area contributed by atoms with E-state index in [2.05, 4.69) is 0 Å². The van der Waals surface area contributed by atoms with Crippen LogP contribution in [-0.4, -0.2) is 50.6 Å². The van der Waals surface area contributed by atoms with Crippen LogP contribution in [0.4, 0.5) is 0 Å². The van der Waals surface area contributed by atoms with Crippen LogP contribution in [0.3, 0.4) is 0 Å². The molecule has 0 aliphatic heterocycles. The first-order chi connectivity index (χ1) is 11.2. The summed E-state index contributed by atoms with van der Waals surface area (Å²) in [5, 5.41) is 8.64. The Kier molecular flexibility index (Phi) is 9.66. The number of ether oxygens (including phenoxy) is 3. The van der Waals surface area contributed by atoms with Crippen LogP contribution < -0.4 is 0 Å². The minimum absolute atomic E-state index is 0.0832. The quantitative estimate of drug-likeness (QED) is 0.496. The Hall–Kier alpha value is -1.92. The summed E-state index contributed by atoms with van der Waals surface area (Å²) in [5.74, 6) is -0.854. The lowest BCUT2D eigenvalue weighted by molar-refractivity contribution is 0.0477. The molecule has 0 spiro atoms. The van der Waals surface area contributed by atoms with Gasteiger partial charge in [-0.15, -0.1) is 0 Å². The molecule has 0 amide bonds. The number of benzene rings is 1. The van der Waals surface area contributed by atoms with Gasteiger partial charge >= 0.3 is 11.9 Å². The van der Waals surface area contributed by atoms with Crippen LogP contribution in [0.15, 0.2) is 24.3 Å². The van der Waals surface area contributed by atoms with Crippen LogP contribution in [0.1, 0.15) is 46.4 Å². The summed E-state index contributed by atoms with van der Waals surface area (Å²) in [6.45, 7) is 1.34. The van der Waals surface area contributed by atoms with Crippen molar-refractivity contribution in [3.63, 3.8) is 0 Å². The van der Waals surface area contributed by atoms with Crippen LogP contribution in [-0.2, 0) is 14.2 Å². The third-order valence-electron chi connectivity index (χ3n) is 3.12. The molecule has 0 radical (unpaired) electrons. The van der Waals surface area contributed by atoms with E-state index in [1.54, 1.807) is 19.2 Å². The number of carbonyl (C=O) groups excluding carboxylic acids is 2. The minimum Gasteiger partial charge on any atom is -0.462 e. The molecule has 1 rings (SSSR count). The van der Waals surface area contributed by atoms with Gasteiger partial charge in [0, 0.05) is 20.3 Å². The van der Waals surface area contributed by atoms with E-state index >= 15 is 0 Å². The maximum absolute atomic E-state index is 11.8. The van der Waals surface area contributed by atoms with Crippen molar-refractivity contribution >= 4 is 11.9 Å². The third kappa shape index (κ3) is 7.76. The van der Waals surface area contributed by atoms with Crippen molar-refractivity contribution in [1.82, 2.24) is 0 Å².